The van der Waals surface area contributed by atoms with Crippen molar-refractivity contribution in [1.82, 2.24) is 0 Å². The molecule has 0 bridgehead atoms. The quantitative estimate of drug-likeness (QED) is 0.0318. The molecule has 216 valence electrons. The third-order valence-electron chi connectivity index (χ3n) is 7.24. The van der Waals surface area contributed by atoms with Crippen LogP contribution in [0.15, 0.2) is 12.2 Å². The van der Waals surface area contributed by atoms with Crippen molar-refractivity contribution in [2.24, 2.45) is 5.92 Å². The van der Waals surface area contributed by atoms with Crippen LogP contribution < -0.4 is 29.6 Å². The molecule has 0 spiro atoms. The van der Waals surface area contributed by atoms with Crippen LogP contribution in [-0.2, 0) is 14.6 Å². The summed E-state index contributed by atoms with van der Waals surface area (Å²) >= 11 is 0. The van der Waals surface area contributed by atoms with Gasteiger partial charge in [0.25, 0.3) is 0 Å². The smallest absolute Gasteiger partial charge is 0.726 e. The Balaban J connectivity index is 0. The van der Waals surface area contributed by atoms with Gasteiger partial charge in [0.05, 0.1) is 6.61 Å². The van der Waals surface area contributed by atoms with Crippen molar-refractivity contribution in [2.45, 2.75) is 174 Å². The average Bonchev–Trinajstić information content (AvgIpc) is 2.84. The Morgan fingerprint density at radius 3 is 1.32 bits per heavy atom. The van der Waals surface area contributed by atoms with Crippen molar-refractivity contribution in [3.63, 3.8) is 0 Å². The maximum atomic E-state index is 10.9. The fourth-order valence-corrected chi connectivity index (χ4v) is 5.21. The summed E-state index contributed by atoms with van der Waals surface area (Å²) in [4.78, 5) is 0. The van der Waals surface area contributed by atoms with Crippen molar-refractivity contribution in [3.05, 3.63) is 12.2 Å². The molecule has 0 radical (unpaired) electrons. The van der Waals surface area contributed by atoms with E-state index in [9.17, 15) is 13.0 Å². The zero-order chi connectivity index (χ0) is 26.6. The van der Waals surface area contributed by atoms with E-state index in [1.807, 2.05) is 0 Å². The summed E-state index contributed by atoms with van der Waals surface area (Å²) in [5.74, 6) is 0.0181. The molecule has 0 aromatic rings. The van der Waals surface area contributed by atoms with Crippen LogP contribution in [-0.4, -0.2) is 19.6 Å². The average molecular weight is 553 g/mol. The van der Waals surface area contributed by atoms with Gasteiger partial charge in [-0.3, -0.25) is 4.18 Å². The van der Waals surface area contributed by atoms with Crippen LogP contribution in [0.3, 0.4) is 0 Å². The van der Waals surface area contributed by atoms with Crippen molar-refractivity contribution in [2.75, 3.05) is 6.61 Å². The molecular weight excluding hydrogens is 491 g/mol. The zero-order valence-electron chi connectivity index (χ0n) is 25.2. The molecular formula is C31H61NaO4S. The van der Waals surface area contributed by atoms with Crippen LogP contribution in [0.25, 0.3) is 0 Å². The van der Waals surface area contributed by atoms with Gasteiger partial charge in [-0.2, -0.15) is 0 Å². The first kappa shape index (κ1) is 39.8. The Bertz CT molecular complexity index is 566. The predicted molar refractivity (Wildman–Crippen MR) is 155 cm³/mol. The van der Waals surface area contributed by atoms with Crippen molar-refractivity contribution < 1.29 is 46.7 Å². The molecule has 0 amide bonds. The monoisotopic (exact) mass is 552 g/mol. The number of allylic oxidation sites excluding steroid dienone is 1. The first-order valence-corrected chi connectivity index (χ1v) is 17.1. The topological polar surface area (TPSA) is 66.4 Å². The maximum Gasteiger partial charge on any atom is 1.00 e. The molecule has 6 heteroatoms. The molecule has 37 heavy (non-hydrogen) atoms. The Labute approximate surface area is 254 Å². The molecule has 0 N–H and O–H groups in total. The maximum absolute atomic E-state index is 10.9. The van der Waals surface area contributed by atoms with Gasteiger partial charge >= 0.3 is 29.6 Å². The minimum absolute atomic E-state index is 0. The van der Waals surface area contributed by atoms with E-state index in [2.05, 4.69) is 30.2 Å². The Morgan fingerprint density at radius 1 is 0.595 bits per heavy atom. The first-order chi connectivity index (χ1) is 17.5. The van der Waals surface area contributed by atoms with E-state index in [1.165, 1.54) is 141 Å². The predicted octanol–water partition coefficient (Wildman–Crippen LogP) is 7.43. The van der Waals surface area contributed by atoms with Crippen LogP contribution in [0.2, 0.25) is 0 Å². The van der Waals surface area contributed by atoms with Gasteiger partial charge in [0, 0.05) is 5.92 Å². The normalized spacial score (nSPS) is 12.7. The summed E-state index contributed by atoms with van der Waals surface area (Å²) < 4.78 is 37.3. The number of rotatable bonds is 29. The Kier molecular flexibility index (Phi) is 33.5. The fourth-order valence-electron chi connectivity index (χ4n) is 4.87. The molecule has 0 aliphatic heterocycles. The SMILES string of the molecule is CCCCCCCCCCCCC/C=C/C(CCCCCCCCCCCCCC)COS(=O)(=O)[O-].[Na+]. The van der Waals surface area contributed by atoms with E-state index < -0.39 is 10.4 Å². The minimum atomic E-state index is -4.62. The second-order valence-electron chi connectivity index (χ2n) is 10.9. The van der Waals surface area contributed by atoms with Crippen molar-refractivity contribution in [3.8, 4) is 0 Å². The first-order valence-electron chi connectivity index (χ1n) is 15.8. The van der Waals surface area contributed by atoms with Crippen LogP contribution in [0.1, 0.15) is 174 Å². The van der Waals surface area contributed by atoms with Crippen molar-refractivity contribution >= 4 is 10.4 Å². The summed E-state index contributed by atoms with van der Waals surface area (Å²) in [6, 6.07) is 0. The fraction of sp³-hybridized carbons (Fsp3) is 0.935. The van der Waals surface area contributed by atoms with Crippen LogP contribution >= 0.6 is 0 Å². The van der Waals surface area contributed by atoms with E-state index in [1.54, 1.807) is 0 Å². The van der Waals surface area contributed by atoms with Gasteiger partial charge in [-0.05, 0) is 19.3 Å². The summed E-state index contributed by atoms with van der Waals surface area (Å²) in [5, 5.41) is 0. The molecule has 0 fully saturated rings. The molecule has 0 aromatic carbocycles. The van der Waals surface area contributed by atoms with Crippen LogP contribution in [0.4, 0.5) is 0 Å². The van der Waals surface area contributed by atoms with E-state index in [0.717, 1.165) is 19.3 Å². The van der Waals surface area contributed by atoms with Gasteiger partial charge in [0.1, 0.15) is 0 Å². The molecule has 0 aromatic heterocycles. The molecule has 4 nitrogen and oxygen atoms in total. The van der Waals surface area contributed by atoms with Gasteiger partial charge in [0.2, 0.25) is 10.4 Å². The number of hydrogen-bond donors (Lipinski definition) is 0. The van der Waals surface area contributed by atoms with Gasteiger partial charge < -0.3 is 4.55 Å². The van der Waals surface area contributed by atoms with E-state index >= 15 is 0 Å². The van der Waals surface area contributed by atoms with Crippen LogP contribution in [0, 0.1) is 5.92 Å². The Hall–Kier alpha value is 0.610. The summed E-state index contributed by atoms with van der Waals surface area (Å²) in [6.07, 6.45) is 36.6. The third-order valence-corrected chi connectivity index (χ3v) is 7.66. The molecule has 0 heterocycles. The number of hydrogen-bond acceptors (Lipinski definition) is 4. The summed E-state index contributed by atoms with van der Waals surface area (Å²) in [7, 11) is -4.62. The molecule has 0 saturated heterocycles. The molecule has 0 rings (SSSR count). The molecule has 0 saturated carbocycles. The third kappa shape index (κ3) is 34.6. The minimum Gasteiger partial charge on any atom is -0.726 e. The molecule has 1 unspecified atom stereocenters. The van der Waals surface area contributed by atoms with E-state index in [-0.39, 0.29) is 42.1 Å². The standard InChI is InChI=1S/C31H62O4S.Na/c1-3-5-7-9-11-13-15-17-19-21-23-25-27-29-31(30-35-36(32,33)34)28-26-24-22-20-18-16-14-12-10-8-6-4-2;/h27,29,31H,3-26,28,30H2,1-2H3,(H,32,33,34);/q;+1/p-1/b29-27+;. The van der Waals surface area contributed by atoms with E-state index in [0.29, 0.717) is 0 Å². The summed E-state index contributed by atoms with van der Waals surface area (Å²) in [5.41, 5.74) is 0. The van der Waals surface area contributed by atoms with Gasteiger partial charge in [0.15, 0.2) is 0 Å². The van der Waals surface area contributed by atoms with Gasteiger partial charge in [-0.1, -0.05) is 167 Å². The Morgan fingerprint density at radius 2 is 0.946 bits per heavy atom. The van der Waals surface area contributed by atoms with Gasteiger partial charge in [-0.15, -0.1) is 0 Å². The largest absolute Gasteiger partial charge is 1.00 e. The van der Waals surface area contributed by atoms with Crippen LogP contribution in [0.5, 0.6) is 0 Å². The van der Waals surface area contributed by atoms with Gasteiger partial charge in [-0.25, -0.2) is 8.42 Å². The molecule has 0 aliphatic carbocycles. The van der Waals surface area contributed by atoms with Crippen molar-refractivity contribution in [1.29, 1.82) is 0 Å². The zero-order valence-corrected chi connectivity index (χ0v) is 28.0. The second-order valence-corrected chi connectivity index (χ2v) is 11.9. The van der Waals surface area contributed by atoms with E-state index in [4.69, 9.17) is 0 Å². The second kappa shape index (κ2) is 31.1. The number of unbranched alkanes of at least 4 members (excludes halogenated alkanes) is 22. The molecule has 0 aliphatic rings. The summed E-state index contributed by atoms with van der Waals surface area (Å²) in [6.45, 7) is 4.51. The molecule has 1 atom stereocenters.